The first kappa shape index (κ1) is 15.0. The van der Waals surface area contributed by atoms with Gasteiger partial charge in [-0.2, -0.15) is 0 Å². The second kappa shape index (κ2) is 5.51. The Hall–Kier alpha value is -2.57. The molecular formula is C17H19N5O2. The molecule has 0 bridgehead atoms. The summed E-state index contributed by atoms with van der Waals surface area (Å²) in [6, 6.07) is 0. The van der Waals surface area contributed by atoms with Gasteiger partial charge in [-0.25, -0.2) is 9.97 Å². The van der Waals surface area contributed by atoms with E-state index in [2.05, 4.69) is 26.9 Å². The van der Waals surface area contributed by atoms with E-state index in [1.54, 1.807) is 12.4 Å². The van der Waals surface area contributed by atoms with E-state index < -0.39 is 0 Å². The average molecular weight is 325 g/mol. The molecule has 7 heteroatoms. The Kier molecular flexibility index (Phi) is 3.44. The van der Waals surface area contributed by atoms with Crippen LogP contribution >= 0.6 is 0 Å². The Balaban J connectivity index is 1.65. The fourth-order valence-electron chi connectivity index (χ4n) is 3.16. The van der Waals surface area contributed by atoms with E-state index in [0.717, 1.165) is 12.1 Å². The number of H-pyrrole nitrogens is 1. The zero-order valence-electron chi connectivity index (χ0n) is 13.7. The zero-order chi connectivity index (χ0) is 16.8. The lowest BCUT2D eigenvalue weighted by atomic mass is 10.1. The van der Waals surface area contributed by atoms with E-state index in [1.165, 1.54) is 0 Å². The molecule has 1 aliphatic heterocycles. The highest BCUT2D eigenvalue weighted by atomic mass is 16.2. The SMILES string of the molecule is Cc1cnc(-c2nc3c(c(=O)[nH]2)CCN(C(=O)[C@@H]2C[C@H]2C)C3)cn1. The van der Waals surface area contributed by atoms with Gasteiger partial charge in [-0.1, -0.05) is 6.92 Å². The molecule has 1 saturated carbocycles. The summed E-state index contributed by atoms with van der Waals surface area (Å²) in [7, 11) is 0. The summed E-state index contributed by atoms with van der Waals surface area (Å²) in [6.45, 7) is 4.93. The van der Waals surface area contributed by atoms with Crippen molar-refractivity contribution in [3.63, 3.8) is 0 Å². The lowest BCUT2D eigenvalue weighted by Crippen LogP contribution is -2.40. The van der Waals surface area contributed by atoms with Crippen LogP contribution < -0.4 is 5.56 Å². The molecule has 1 fully saturated rings. The number of amides is 1. The molecule has 0 radical (unpaired) electrons. The summed E-state index contributed by atoms with van der Waals surface area (Å²) < 4.78 is 0. The van der Waals surface area contributed by atoms with E-state index in [4.69, 9.17) is 0 Å². The standard InChI is InChI=1S/C17H19N5O2/c1-9-5-12(9)17(24)22-4-3-11-14(8-22)20-15(21-16(11)23)13-7-18-10(2)6-19-13/h6-7,9,12H,3-5,8H2,1-2H3,(H,20,21,23)/t9-,12-/m1/s1. The minimum absolute atomic E-state index is 0.149. The molecule has 2 aliphatic rings. The van der Waals surface area contributed by atoms with Crippen LogP contribution in [0.5, 0.6) is 0 Å². The molecule has 0 aromatic carbocycles. The Bertz CT molecular complexity index is 858. The number of carbonyl (C=O) groups is 1. The summed E-state index contributed by atoms with van der Waals surface area (Å²) in [5.74, 6) is 1.22. The molecule has 3 heterocycles. The van der Waals surface area contributed by atoms with Crippen molar-refractivity contribution in [2.75, 3.05) is 6.54 Å². The Morgan fingerprint density at radius 3 is 2.79 bits per heavy atom. The highest BCUT2D eigenvalue weighted by Crippen LogP contribution is 2.39. The molecule has 7 nitrogen and oxygen atoms in total. The van der Waals surface area contributed by atoms with Crippen molar-refractivity contribution in [1.82, 2.24) is 24.8 Å². The normalized spacial score (nSPS) is 22.2. The summed E-state index contributed by atoms with van der Waals surface area (Å²) in [4.78, 5) is 42.4. The molecule has 1 aliphatic carbocycles. The predicted molar refractivity (Wildman–Crippen MR) is 87.0 cm³/mol. The van der Waals surface area contributed by atoms with Crippen LogP contribution in [0, 0.1) is 18.8 Å². The maximum atomic E-state index is 12.4. The lowest BCUT2D eigenvalue weighted by molar-refractivity contribution is -0.133. The van der Waals surface area contributed by atoms with Crippen LogP contribution in [0.1, 0.15) is 30.3 Å². The smallest absolute Gasteiger partial charge is 0.254 e. The van der Waals surface area contributed by atoms with Crippen molar-refractivity contribution in [2.45, 2.75) is 33.2 Å². The highest BCUT2D eigenvalue weighted by molar-refractivity contribution is 5.81. The minimum atomic E-state index is -0.149. The van der Waals surface area contributed by atoms with Gasteiger partial charge in [0.15, 0.2) is 5.82 Å². The predicted octanol–water partition coefficient (Wildman–Crippen LogP) is 1.08. The molecule has 0 unspecified atom stereocenters. The van der Waals surface area contributed by atoms with Crippen LogP contribution in [0.3, 0.4) is 0 Å². The second-order valence-corrected chi connectivity index (χ2v) is 6.71. The molecular weight excluding hydrogens is 306 g/mol. The first-order valence-electron chi connectivity index (χ1n) is 8.23. The lowest BCUT2D eigenvalue weighted by Gasteiger charge is -2.28. The molecule has 2 aromatic heterocycles. The maximum Gasteiger partial charge on any atom is 0.254 e. The van der Waals surface area contributed by atoms with Gasteiger partial charge in [0, 0.05) is 24.2 Å². The second-order valence-electron chi connectivity index (χ2n) is 6.71. The summed E-state index contributed by atoms with van der Waals surface area (Å²) in [5, 5.41) is 0. The third-order valence-electron chi connectivity index (χ3n) is 4.84. The maximum absolute atomic E-state index is 12.4. The van der Waals surface area contributed by atoms with Crippen molar-refractivity contribution in [1.29, 1.82) is 0 Å². The Morgan fingerprint density at radius 1 is 1.33 bits per heavy atom. The van der Waals surface area contributed by atoms with Crippen LogP contribution in [-0.2, 0) is 17.8 Å². The highest BCUT2D eigenvalue weighted by Gasteiger charge is 2.42. The number of carbonyl (C=O) groups excluding carboxylic acids is 1. The molecule has 24 heavy (non-hydrogen) atoms. The van der Waals surface area contributed by atoms with Crippen LogP contribution in [-0.4, -0.2) is 37.3 Å². The number of nitrogens with one attached hydrogen (secondary N) is 1. The monoisotopic (exact) mass is 325 g/mol. The largest absolute Gasteiger partial charge is 0.336 e. The van der Waals surface area contributed by atoms with Gasteiger partial charge in [-0.05, 0) is 25.7 Å². The van der Waals surface area contributed by atoms with E-state index in [0.29, 0.717) is 48.2 Å². The van der Waals surface area contributed by atoms with Crippen LogP contribution in [0.4, 0.5) is 0 Å². The number of hydrogen-bond donors (Lipinski definition) is 1. The Labute approximate surface area is 139 Å². The molecule has 1 N–H and O–H groups in total. The van der Waals surface area contributed by atoms with Crippen LogP contribution in [0.15, 0.2) is 17.2 Å². The summed E-state index contributed by atoms with van der Waals surface area (Å²) in [5.41, 5.74) is 2.52. The zero-order valence-corrected chi connectivity index (χ0v) is 13.7. The molecule has 124 valence electrons. The third kappa shape index (κ3) is 2.60. The molecule has 2 aromatic rings. The fourth-order valence-corrected chi connectivity index (χ4v) is 3.16. The quantitative estimate of drug-likeness (QED) is 0.892. The number of aromatic amines is 1. The van der Waals surface area contributed by atoms with Gasteiger partial charge in [0.1, 0.15) is 5.69 Å². The number of aryl methyl sites for hydroxylation is 1. The number of rotatable bonds is 2. The van der Waals surface area contributed by atoms with Crippen molar-refractivity contribution in [2.24, 2.45) is 11.8 Å². The first-order valence-corrected chi connectivity index (χ1v) is 8.23. The van der Waals surface area contributed by atoms with Crippen molar-refractivity contribution in [3.05, 3.63) is 39.7 Å². The minimum Gasteiger partial charge on any atom is -0.336 e. The topological polar surface area (TPSA) is 91.8 Å². The summed E-state index contributed by atoms with van der Waals surface area (Å²) in [6.07, 6.45) is 4.75. The van der Waals surface area contributed by atoms with E-state index in [9.17, 15) is 9.59 Å². The molecule has 0 saturated heterocycles. The molecule has 0 spiro atoms. The van der Waals surface area contributed by atoms with Gasteiger partial charge in [0.25, 0.3) is 5.56 Å². The van der Waals surface area contributed by atoms with E-state index in [1.807, 2.05) is 11.8 Å². The van der Waals surface area contributed by atoms with Gasteiger partial charge in [0.2, 0.25) is 5.91 Å². The van der Waals surface area contributed by atoms with E-state index in [-0.39, 0.29) is 17.4 Å². The molecule has 4 rings (SSSR count). The number of nitrogens with zero attached hydrogens (tertiary/aromatic N) is 4. The van der Waals surface area contributed by atoms with Gasteiger partial charge >= 0.3 is 0 Å². The van der Waals surface area contributed by atoms with Gasteiger partial charge in [-0.3, -0.25) is 14.6 Å². The fraction of sp³-hybridized carbons (Fsp3) is 0.471. The Morgan fingerprint density at radius 2 is 2.12 bits per heavy atom. The van der Waals surface area contributed by atoms with Crippen molar-refractivity contribution < 1.29 is 4.79 Å². The first-order chi connectivity index (χ1) is 11.5. The molecule has 2 atom stereocenters. The average Bonchev–Trinajstić information content (AvgIpc) is 3.31. The van der Waals surface area contributed by atoms with Crippen molar-refractivity contribution >= 4 is 5.91 Å². The van der Waals surface area contributed by atoms with Crippen molar-refractivity contribution in [3.8, 4) is 11.5 Å². The van der Waals surface area contributed by atoms with E-state index >= 15 is 0 Å². The van der Waals surface area contributed by atoms with Crippen LogP contribution in [0.2, 0.25) is 0 Å². The number of fused-ring (bicyclic) bond motifs is 1. The molecule has 1 amide bonds. The van der Waals surface area contributed by atoms with Gasteiger partial charge < -0.3 is 9.88 Å². The van der Waals surface area contributed by atoms with Crippen LogP contribution in [0.25, 0.3) is 11.5 Å². The van der Waals surface area contributed by atoms with Gasteiger partial charge in [-0.15, -0.1) is 0 Å². The number of hydrogen-bond acceptors (Lipinski definition) is 5. The third-order valence-corrected chi connectivity index (χ3v) is 4.84. The number of aromatic nitrogens is 4. The summed E-state index contributed by atoms with van der Waals surface area (Å²) >= 11 is 0. The van der Waals surface area contributed by atoms with Gasteiger partial charge in [0.05, 0.1) is 24.1 Å².